The fourth-order valence-electron chi connectivity index (χ4n) is 4.03. The first-order chi connectivity index (χ1) is 17.5. The van der Waals surface area contributed by atoms with Gasteiger partial charge in [-0.2, -0.15) is 4.98 Å². The number of carbonyl (C=O) groups excluding carboxylic acids is 1. The maximum atomic E-state index is 13.6. The predicted octanol–water partition coefficient (Wildman–Crippen LogP) is 6.16. The first kappa shape index (κ1) is 24.0. The Bertz CT molecular complexity index is 1400. The lowest BCUT2D eigenvalue weighted by atomic mass is 9.95. The van der Waals surface area contributed by atoms with Crippen molar-refractivity contribution < 1.29 is 9.53 Å². The van der Waals surface area contributed by atoms with Crippen molar-refractivity contribution in [3.63, 3.8) is 0 Å². The number of allylic oxidation sites excluding steroid dienone is 1. The number of amides is 1. The van der Waals surface area contributed by atoms with Gasteiger partial charge in [0.25, 0.3) is 5.91 Å². The molecule has 4 aromatic rings. The average Bonchev–Trinajstić information content (AvgIpc) is 3.30. The minimum atomic E-state index is -0.477. The number of nitrogens with zero attached hydrogens (tertiary/aromatic N) is 3. The van der Waals surface area contributed by atoms with Crippen LogP contribution in [0.5, 0.6) is 5.75 Å². The molecule has 0 aliphatic carbocycles. The Morgan fingerprint density at radius 1 is 1.08 bits per heavy atom. The third kappa shape index (κ3) is 5.10. The van der Waals surface area contributed by atoms with E-state index in [1.54, 1.807) is 47.8 Å². The number of carbonyl (C=O) groups is 1. The molecule has 2 heterocycles. The third-order valence-corrected chi connectivity index (χ3v) is 6.98. The molecular formula is C27H24ClN5O2S. The highest BCUT2D eigenvalue weighted by Crippen LogP contribution is 2.37. The summed E-state index contributed by atoms with van der Waals surface area (Å²) in [6.45, 7) is 1.88. The van der Waals surface area contributed by atoms with Gasteiger partial charge in [-0.15, -0.1) is 5.10 Å². The Hall–Kier alpha value is -3.75. The zero-order valence-electron chi connectivity index (χ0n) is 19.7. The first-order valence-corrected chi connectivity index (χ1v) is 12.7. The predicted molar refractivity (Wildman–Crippen MR) is 144 cm³/mol. The monoisotopic (exact) mass is 517 g/mol. The lowest BCUT2D eigenvalue weighted by Crippen LogP contribution is -2.31. The molecule has 0 radical (unpaired) electrons. The Labute approximate surface area is 218 Å². The summed E-state index contributed by atoms with van der Waals surface area (Å²) in [6, 6.07) is 24.4. The lowest BCUT2D eigenvalue weighted by Gasteiger charge is -2.28. The van der Waals surface area contributed by atoms with Crippen LogP contribution in [0, 0.1) is 0 Å². The Morgan fingerprint density at radius 3 is 2.50 bits per heavy atom. The standard InChI is InChI=1S/C27H24ClN5O2S/c1-17-23(25(34)30-21-12-14-22(35-2)15-13-21)24(19-8-10-20(28)11-9-19)33-26(29-17)31-27(32-33)36-16-18-6-4-3-5-7-18/h3-15,24H,16H2,1-2H3,(H,30,34)(H,29,31,32). The van der Waals surface area contributed by atoms with E-state index in [0.717, 1.165) is 17.1 Å². The molecule has 3 aromatic carbocycles. The van der Waals surface area contributed by atoms with Crippen LogP contribution in [0.2, 0.25) is 5.02 Å². The van der Waals surface area contributed by atoms with E-state index in [2.05, 4.69) is 22.8 Å². The van der Waals surface area contributed by atoms with E-state index >= 15 is 0 Å². The minimum Gasteiger partial charge on any atom is -0.497 e. The largest absolute Gasteiger partial charge is 0.497 e. The van der Waals surface area contributed by atoms with Crippen LogP contribution in [0.25, 0.3) is 0 Å². The van der Waals surface area contributed by atoms with Gasteiger partial charge in [0.15, 0.2) is 0 Å². The van der Waals surface area contributed by atoms with Gasteiger partial charge in [0.1, 0.15) is 11.8 Å². The highest BCUT2D eigenvalue weighted by atomic mass is 35.5. The molecule has 0 spiro atoms. The number of hydrogen-bond acceptors (Lipinski definition) is 6. The molecule has 7 nitrogen and oxygen atoms in total. The van der Waals surface area contributed by atoms with E-state index in [4.69, 9.17) is 26.4 Å². The number of methoxy groups -OCH3 is 1. The number of benzene rings is 3. The lowest BCUT2D eigenvalue weighted by molar-refractivity contribution is -0.113. The highest BCUT2D eigenvalue weighted by Gasteiger charge is 2.34. The number of aromatic nitrogens is 3. The van der Waals surface area contributed by atoms with Gasteiger partial charge in [-0.05, 0) is 54.4 Å². The normalized spacial score (nSPS) is 14.7. The van der Waals surface area contributed by atoms with Crippen LogP contribution < -0.4 is 15.4 Å². The van der Waals surface area contributed by atoms with Crippen molar-refractivity contribution in [3.8, 4) is 5.75 Å². The molecule has 2 N–H and O–H groups in total. The summed E-state index contributed by atoms with van der Waals surface area (Å²) >= 11 is 7.71. The minimum absolute atomic E-state index is 0.232. The third-order valence-electron chi connectivity index (χ3n) is 5.82. The number of anilines is 2. The maximum Gasteiger partial charge on any atom is 0.255 e. The van der Waals surface area contributed by atoms with Crippen molar-refractivity contribution in [3.05, 3.63) is 106 Å². The summed E-state index contributed by atoms with van der Waals surface area (Å²) in [5, 5.41) is 12.3. The van der Waals surface area contributed by atoms with Crippen LogP contribution in [-0.4, -0.2) is 27.8 Å². The van der Waals surface area contributed by atoms with Crippen LogP contribution in [0.15, 0.2) is 95.3 Å². The SMILES string of the molecule is COc1ccc(NC(=O)C2=C(C)Nc3nc(SCc4ccccc4)nn3C2c2ccc(Cl)cc2)cc1. The second-order valence-electron chi connectivity index (χ2n) is 8.24. The first-order valence-electron chi connectivity index (χ1n) is 11.3. The molecule has 36 heavy (non-hydrogen) atoms. The quantitative estimate of drug-likeness (QED) is 0.286. The van der Waals surface area contributed by atoms with Crippen molar-refractivity contribution in [1.82, 2.24) is 14.8 Å². The highest BCUT2D eigenvalue weighted by molar-refractivity contribution is 7.98. The summed E-state index contributed by atoms with van der Waals surface area (Å²) in [5.41, 5.74) is 3.99. The molecule has 1 atom stereocenters. The Balaban J connectivity index is 1.47. The van der Waals surface area contributed by atoms with Crippen molar-refractivity contribution >= 4 is 40.9 Å². The van der Waals surface area contributed by atoms with Gasteiger partial charge >= 0.3 is 0 Å². The van der Waals surface area contributed by atoms with Crippen molar-refractivity contribution in [2.75, 3.05) is 17.7 Å². The molecular weight excluding hydrogens is 494 g/mol. The van der Waals surface area contributed by atoms with Gasteiger partial charge in [-0.1, -0.05) is 65.8 Å². The van der Waals surface area contributed by atoms with E-state index in [0.29, 0.717) is 33.1 Å². The molecule has 0 saturated carbocycles. The summed E-state index contributed by atoms with van der Waals surface area (Å²) < 4.78 is 6.99. The molecule has 0 fully saturated rings. The van der Waals surface area contributed by atoms with Crippen molar-refractivity contribution in [2.45, 2.75) is 23.9 Å². The molecule has 1 aliphatic heterocycles. The molecule has 1 unspecified atom stereocenters. The molecule has 1 amide bonds. The summed E-state index contributed by atoms with van der Waals surface area (Å²) in [6.07, 6.45) is 0. The fourth-order valence-corrected chi connectivity index (χ4v) is 4.95. The molecule has 0 saturated heterocycles. The van der Waals surface area contributed by atoms with E-state index in [9.17, 15) is 4.79 Å². The summed E-state index contributed by atoms with van der Waals surface area (Å²) in [4.78, 5) is 18.3. The molecule has 9 heteroatoms. The van der Waals surface area contributed by atoms with Crippen LogP contribution in [0.1, 0.15) is 24.1 Å². The van der Waals surface area contributed by atoms with Crippen LogP contribution in [0.3, 0.4) is 0 Å². The molecule has 5 rings (SSSR count). The van der Waals surface area contributed by atoms with E-state index in [-0.39, 0.29) is 5.91 Å². The van der Waals surface area contributed by atoms with Crippen molar-refractivity contribution in [2.24, 2.45) is 0 Å². The number of ether oxygens (including phenoxy) is 1. The summed E-state index contributed by atoms with van der Waals surface area (Å²) in [5.74, 6) is 1.82. The number of thioether (sulfide) groups is 1. The van der Waals surface area contributed by atoms with E-state index in [1.165, 1.54) is 5.56 Å². The number of fused-ring (bicyclic) bond motifs is 1. The molecule has 1 aromatic heterocycles. The van der Waals surface area contributed by atoms with Gasteiger partial charge in [0, 0.05) is 22.2 Å². The van der Waals surface area contributed by atoms with Gasteiger partial charge in [0.05, 0.1) is 12.7 Å². The second kappa shape index (κ2) is 10.5. The van der Waals surface area contributed by atoms with E-state index < -0.39 is 6.04 Å². The molecule has 0 bridgehead atoms. The van der Waals surface area contributed by atoms with Crippen LogP contribution in [0.4, 0.5) is 11.6 Å². The maximum absolute atomic E-state index is 13.6. The van der Waals surface area contributed by atoms with Gasteiger partial charge in [0.2, 0.25) is 11.1 Å². The van der Waals surface area contributed by atoms with Gasteiger partial charge in [-0.25, -0.2) is 4.68 Å². The average molecular weight is 518 g/mol. The van der Waals surface area contributed by atoms with E-state index in [1.807, 2.05) is 49.4 Å². The van der Waals surface area contributed by atoms with Gasteiger partial charge < -0.3 is 15.4 Å². The molecule has 182 valence electrons. The zero-order chi connectivity index (χ0) is 25.1. The number of rotatable bonds is 7. The Kier molecular flexibility index (Phi) is 6.97. The van der Waals surface area contributed by atoms with Crippen LogP contribution in [-0.2, 0) is 10.5 Å². The fraction of sp³-hybridized carbons (Fsp3) is 0.148. The topological polar surface area (TPSA) is 81.1 Å². The van der Waals surface area contributed by atoms with Crippen molar-refractivity contribution in [1.29, 1.82) is 0 Å². The molecule has 1 aliphatic rings. The number of hydrogen-bond donors (Lipinski definition) is 2. The summed E-state index contributed by atoms with van der Waals surface area (Å²) in [7, 11) is 1.61. The number of halogens is 1. The van der Waals surface area contributed by atoms with Gasteiger partial charge in [-0.3, -0.25) is 4.79 Å². The zero-order valence-corrected chi connectivity index (χ0v) is 21.3. The Morgan fingerprint density at radius 2 is 1.81 bits per heavy atom. The number of nitrogens with one attached hydrogen (secondary N) is 2. The smallest absolute Gasteiger partial charge is 0.255 e. The second-order valence-corrected chi connectivity index (χ2v) is 9.62. The van der Waals surface area contributed by atoms with Crippen LogP contribution >= 0.6 is 23.4 Å².